The first-order chi connectivity index (χ1) is 10.1. The number of carbonyl (C=O) groups is 1. The molecular weight excluding hydrogens is 368 g/mol. The van der Waals surface area contributed by atoms with Gasteiger partial charge in [-0.25, -0.2) is 4.68 Å². The van der Waals surface area contributed by atoms with E-state index >= 15 is 0 Å². The van der Waals surface area contributed by atoms with Crippen LogP contribution in [0.3, 0.4) is 0 Å². The van der Waals surface area contributed by atoms with Crippen molar-refractivity contribution in [3.63, 3.8) is 0 Å². The lowest BCUT2D eigenvalue weighted by Crippen LogP contribution is -2.36. The SMILES string of the molecule is CCCC(N)C(=O)Nc1ccnn1Cc1ccc(Br)cc1.Cl. The molecule has 0 saturated heterocycles. The Morgan fingerprint density at radius 1 is 1.36 bits per heavy atom. The van der Waals surface area contributed by atoms with E-state index in [9.17, 15) is 4.79 Å². The Morgan fingerprint density at radius 3 is 2.68 bits per heavy atom. The van der Waals surface area contributed by atoms with E-state index in [-0.39, 0.29) is 18.3 Å². The second-order valence-electron chi connectivity index (χ2n) is 4.88. The van der Waals surface area contributed by atoms with Crippen molar-refractivity contribution in [2.75, 3.05) is 5.32 Å². The Kier molecular flexibility index (Phi) is 7.58. The molecule has 120 valence electrons. The number of carbonyl (C=O) groups excluding carboxylic acids is 1. The third-order valence-electron chi connectivity index (χ3n) is 3.15. The number of amides is 1. The molecule has 1 unspecified atom stereocenters. The molecular formula is C15H20BrClN4O. The topological polar surface area (TPSA) is 72.9 Å². The predicted molar refractivity (Wildman–Crippen MR) is 94.2 cm³/mol. The van der Waals surface area contributed by atoms with Gasteiger partial charge in [-0.15, -0.1) is 12.4 Å². The van der Waals surface area contributed by atoms with Crippen LogP contribution < -0.4 is 11.1 Å². The molecule has 0 bridgehead atoms. The van der Waals surface area contributed by atoms with Crippen molar-refractivity contribution in [1.82, 2.24) is 9.78 Å². The molecule has 0 aliphatic rings. The summed E-state index contributed by atoms with van der Waals surface area (Å²) in [5.41, 5.74) is 6.92. The summed E-state index contributed by atoms with van der Waals surface area (Å²) in [5, 5.41) is 7.08. The van der Waals surface area contributed by atoms with Crippen LogP contribution in [-0.2, 0) is 11.3 Å². The summed E-state index contributed by atoms with van der Waals surface area (Å²) in [6.07, 6.45) is 3.22. The molecule has 0 spiro atoms. The third kappa shape index (κ3) is 5.12. The second kappa shape index (κ2) is 8.92. The van der Waals surface area contributed by atoms with E-state index in [1.165, 1.54) is 0 Å². The van der Waals surface area contributed by atoms with Crippen LogP contribution in [0.4, 0.5) is 5.82 Å². The van der Waals surface area contributed by atoms with Gasteiger partial charge in [0.2, 0.25) is 5.91 Å². The van der Waals surface area contributed by atoms with Crippen molar-refractivity contribution in [1.29, 1.82) is 0 Å². The summed E-state index contributed by atoms with van der Waals surface area (Å²) in [6, 6.07) is 9.28. The van der Waals surface area contributed by atoms with E-state index in [0.717, 1.165) is 16.5 Å². The molecule has 7 heteroatoms. The Balaban J connectivity index is 0.00000242. The van der Waals surface area contributed by atoms with Crippen molar-refractivity contribution in [3.05, 3.63) is 46.6 Å². The minimum absolute atomic E-state index is 0. The van der Waals surface area contributed by atoms with Crippen LogP contribution in [-0.4, -0.2) is 21.7 Å². The summed E-state index contributed by atoms with van der Waals surface area (Å²) in [7, 11) is 0. The number of hydrogen-bond acceptors (Lipinski definition) is 3. The van der Waals surface area contributed by atoms with Crippen LogP contribution in [0.25, 0.3) is 0 Å². The average Bonchev–Trinajstić information content (AvgIpc) is 2.89. The number of nitrogens with zero attached hydrogens (tertiary/aromatic N) is 2. The maximum atomic E-state index is 12.0. The van der Waals surface area contributed by atoms with E-state index in [1.807, 2.05) is 31.2 Å². The lowest BCUT2D eigenvalue weighted by molar-refractivity contribution is -0.117. The highest BCUT2D eigenvalue weighted by atomic mass is 79.9. The zero-order valence-electron chi connectivity index (χ0n) is 12.3. The number of benzene rings is 1. The maximum Gasteiger partial charge on any atom is 0.242 e. The fraction of sp³-hybridized carbons (Fsp3) is 0.333. The molecule has 1 aromatic carbocycles. The second-order valence-corrected chi connectivity index (χ2v) is 5.80. The van der Waals surface area contributed by atoms with Gasteiger partial charge in [-0.05, 0) is 24.1 Å². The zero-order chi connectivity index (χ0) is 15.2. The van der Waals surface area contributed by atoms with Crippen LogP contribution >= 0.6 is 28.3 Å². The van der Waals surface area contributed by atoms with Crippen molar-refractivity contribution in [2.45, 2.75) is 32.4 Å². The highest BCUT2D eigenvalue weighted by Gasteiger charge is 2.14. The van der Waals surface area contributed by atoms with Gasteiger partial charge in [-0.2, -0.15) is 5.10 Å². The average molecular weight is 388 g/mol. The molecule has 2 aromatic rings. The lowest BCUT2D eigenvalue weighted by Gasteiger charge is -2.13. The standard InChI is InChI=1S/C15H19BrN4O.ClH/c1-2-3-13(17)15(21)19-14-8-9-18-20(14)10-11-4-6-12(16)7-5-11;/h4-9,13H,2-3,10,17H2,1H3,(H,19,21);1H. The minimum Gasteiger partial charge on any atom is -0.320 e. The van der Waals surface area contributed by atoms with Crippen molar-refractivity contribution < 1.29 is 4.79 Å². The first-order valence-corrected chi connectivity index (χ1v) is 7.72. The molecule has 0 aliphatic carbocycles. The number of anilines is 1. The molecule has 22 heavy (non-hydrogen) atoms. The third-order valence-corrected chi connectivity index (χ3v) is 3.68. The van der Waals surface area contributed by atoms with Gasteiger partial charge < -0.3 is 11.1 Å². The van der Waals surface area contributed by atoms with Crippen LogP contribution in [0.2, 0.25) is 0 Å². The van der Waals surface area contributed by atoms with Crippen LogP contribution in [0.1, 0.15) is 25.3 Å². The molecule has 5 nitrogen and oxygen atoms in total. The van der Waals surface area contributed by atoms with Crippen LogP contribution in [0.15, 0.2) is 41.0 Å². The predicted octanol–water partition coefficient (Wildman–Crippen LogP) is 3.18. The van der Waals surface area contributed by atoms with Gasteiger partial charge in [-0.1, -0.05) is 41.4 Å². The van der Waals surface area contributed by atoms with Crippen molar-refractivity contribution in [3.8, 4) is 0 Å². The number of nitrogens with two attached hydrogens (primary N) is 1. The van der Waals surface area contributed by atoms with E-state index < -0.39 is 6.04 Å². The summed E-state index contributed by atoms with van der Waals surface area (Å²) in [4.78, 5) is 12.0. The van der Waals surface area contributed by atoms with E-state index in [0.29, 0.717) is 18.8 Å². The molecule has 2 rings (SSSR count). The zero-order valence-corrected chi connectivity index (χ0v) is 14.7. The van der Waals surface area contributed by atoms with Gasteiger partial charge in [0.05, 0.1) is 18.8 Å². The molecule has 0 saturated carbocycles. The van der Waals surface area contributed by atoms with Crippen LogP contribution in [0, 0.1) is 0 Å². The van der Waals surface area contributed by atoms with Crippen molar-refractivity contribution >= 4 is 40.1 Å². The van der Waals surface area contributed by atoms with Gasteiger partial charge >= 0.3 is 0 Å². The Morgan fingerprint density at radius 2 is 2.05 bits per heavy atom. The Hall–Kier alpha value is -1.37. The molecule has 3 N–H and O–H groups in total. The quantitative estimate of drug-likeness (QED) is 0.799. The highest BCUT2D eigenvalue weighted by Crippen LogP contribution is 2.14. The molecule has 1 heterocycles. The maximum absolute atomic E-state index is 12.0. The summed E-state index contributed by atoms with van der Waals surface area (Å²) < 4.78 is 2.78. The Labute approximate surface area is 144 Å². The fourth-order valence-electron chi connectivity index (χ4n) is 1.99. The fourth-order valence-corrected chi connectivity index (χ4v) is 2.25. The first-order valence-electron chi connectivity index (χ1n) is 6.93. The van der Waals surface area contributed by atoms with E-state index in [4.69, 9.17) is 5.73 Å². The molecule has 1 atom stereocenters. The van der Waals surface area contributed by atoms with E-state index in [2.05, 4.69) is 26.3 Å². The normalized spacial score (nSPS) is 11.6. The number of halogens is 2. The number of hydrogen-bond donors (Lipinski definition) is 2. The first kappa shape index (κ1) is 18.7. The smallest absolute Gasteiger partial charge is 0.242 e. The monoisotopic (exact) mass is 386 g/mol. The van der Waals surface area contributed by atoms with Gasteiger partial charge in [0.25, 0.3) is 0 Å². The highest BCUT2D eigenvalue weighted by molar-refractivity contribution is 9.10. The minimum atomic E-state index is -0.481. The number of aromatic nitrogens is 2. The van der Waals surface area contributed by atoms with E-state index in [1.54, 1.807) is 16.9 Å². The molecule has 1 amide bonds. The molecule has 0 aliphatic heterocycles. The summed E-state index contributed by atoms with van der Waals surface area (Å²) >= 11 is 3.41. The molecule has 0 radical (unpaired) electrons. The van der Waals surface area contributed by atoms with Crippen molar-refractivity contribution in [2.24, 2.45) is 5.73 Å². The number of rotatable bonds is 6. The van der Waals surface area contributed by atoms with Gasteiger partial charge in [0.15, 0.2) is 0 Å². The van der Waals surface area contributed by atoms with Gasteiger partial charge in [0, 0.05) is 10.5 Å². The largest absolute Gasteiger partial charge is 0.320 e. The summed E-state index contributed by atoms with van der Waals surface area (Å²) in [5.74, 6) is 0.490. The molecule has 1 aromatic heterocycles. The number of nitrogens with one attached hydrogen (secondary N) is 1. The molecule has 0 fully saturated rings. The van der Waals surface area contributed by atoms with Crippen LogP contribution in [0.5, 0.6) is 0 Å². The Bertz CT molecular complexity index is 600. The van der Waals surface area contributed by atoms with Gasteiger partial charge in [-0.3, -0.25) is 4.79 Å². The lowest BCUT2D eigenvalue weighted by atomic mass is 10.2. The van der Waals surface area contributed by atoms with Gasteiger partial charge in [0.1, 0.15) is 5.82 Å². The summed E-state index contributed by atoms with van der Waals surface area (Å²) in [6.45, 7) is 2.60.